The van der Waals surface area contributed by atoms with Crippen LogP contribution in [0.15, 0.2) is 4.99 Å². The van der Waals surface area contributed by atoms with Crippen LogP contribution in [0.2, 0.25) is 0 Å². The van der Waals surface area contributed by atoms with Crippen molar-refractivity contribution in [1.82, 2.24) is 10.2 Å². The summed E-state index contributed by atoms with van der Waals surface area (Å²) in [7, 11) is 0. The average molecular weight is 385 g/mol. The van der Waals surface area contributed by atoms with E-state index < -0.39 is 5.60 Å². The Morgan fingerprint density at radius 3 is 2.72 bits per heavy atom. The Labute approximate surface area is 131 Å². The Kier molecular flexibility index (Phi) is 7.08. The molecule has 0 amide bonds. The topological polar surface area (TPSA) is 47.9 Å². The summed E-state index contributed by atoms with van der Waals surface area (Å²) < 4.78 is 0. The second-order valence-corrected chi connectivity index (χ2v) is 6.00. The number of halogens is 1. The summed E-state index contributed by atoms with van der Waals surface area (Å²) in [6, 6.07) is 0. The zero-order chi connectivity index (χ0) is 12.1. The molecule has 1 atom stereocenters. The van der Waals surface area contributed by atoms with Crippen LogP contribution in [0, 0.1) is 0 Å². The highest BCUT2D eigenvalue weighted by Crippen LogP contribution is 2.28. The first kappa shape index (κ1) is 16.4. The summed E-state index contributed by atoms with van der Waals surface area (Å²) in [6.45, 7) is 5.71. The fourth-order valence-electron chi connectivity index (χ4n) is 2.30. The van der Waals surface area contributed by atoms with Crippen molar-refractivity contribution >= 4 is 41.7 Å². The van der Waals surface area contributed by atoms with Gasteiger partial charge in [-0.1, -0.05) is 0 Å². The van der Waals surface area contributed by atoms with Crippen molar-refractivity contribution in [1.29, 1.82) is 0 Å². The highest BCUT2D eigenvalue weighted by atomic mass is 127. The molecule has 6 heteroatoms. The van der Waals surface area contributed by atoms with E-state index in [1.54, 1.807) is 0 Å². The van der Waals surface area contributed by atoms with Crippen LogP contribution >= 0.6 is 35.7 Å². The number of nitrogens with zero attached hydrogens (tertiary/aromatic N) is 2. The molecule has 2 aliphatic rings. The molecular formula is C12H24IN3OS. The van der Waals surface area contributed by atoms with Gasteiger partial charge in [-0.2, -0.15) is 11.8 Å². The summed E-state index contributed by atoms with van der Waals surface area (Å²) in [5.41, 5.74) is -0.564. The van der Waals surface area contributed by atoms with E-state index in [1.165, 1.54) is 12.8 Å². The molecule has 0 radical (unpaired) electrons. The predicted molar refractivity (Wildman–Crippen MR) is 89.1 cm³/mol. The van der Waals surface area contributed by atoms with Crippen LogP contribution in [-0.4, -0.2) is 59.3 Å². The fraction of sp³-hybridized carbons (Fsp3) is 0.917. The molecule has 2 fully saturated rings. The zero-order valence-corrected chi connectivity index (χ0v) is 14.2. The number of nitrogens with one attached hydrogen (secondary N) is 1. The van der Waals surface area contributed by atoms with Gasteiger partial charge in [-0.3, -0.25) is 4.99 Å². The van der Waals surface area contributed by atoms with Gasteiger partial charge < -0.3 is 15.3 Å². The average Bonchev–Trinajstić information content (AvgIpc) is 2.96. The van der Waals surface area contributed by atoms with Crippen molar-refractivity contribution in [2.75, 3.05) is 37.7 Å². The monoisotopic (exact) mass is 385 g/mol. The zero-order valence-electron chi connectivity index (χ0n) is 11.0. The van der Waals surface area contributed by atoms with Crippen molar-refractivity contribution in [2.24, 2.45) is 4.99 Å². The fourth-order valence-corrected chi connectivity index (χ4v) is 3.58. The number of guanidine groups is 1. The summed E-state index contributed by atoms with van der Waals surface area (Å²) in [4.78, 5) is 6.92. The van der Waals surface area contributed by atoms with E-state index >= 15 is 0 Å². The molecule has 2 rings (SSSR count). The van der Waals surface area contributed by atoms with Crippen LogP contribution in [-0.2, 0) is 0 Å². The predicted octanol–water partition coefficient (Wildman–Crippen LogP) is 1.53. The molecule has 2 heterocycles. The third-order valence-corrected chi connectivity index (χ3v) is 4.58. The van der Waals surface area contributed by atoms with Gasteiger partial charge in [-0.15, -0.1) is 24.0 Å². The summed E-state index contributed by atoms with van der Waals surface area (Å²) >= 11 is 1.83. The van der Waals surface area contributed by atoms with E-state index in [0.29, 0.717) is 6.54 Å². The van der Waals surface area contributed by atoms with E-state index in [9.17, 15) is 5.11 Å². The number of rotatable bonds is 3. The highest BCUT2D eigenvalue weighted by molar-refractivity contribution is 14.0. The van der Waals surface area contributed by atoms with Gasteiger partial charge in [0.2, 0.25) is 0 Å². The van der Waals surface area contributed by atoms with Crippen molar-refractivity contribution < 1.29 is 5.11 Å². The maximum absolute atomic E-state index is 10.3. The van der Waals surface area contributed by atoms with Gasteiger partial charge in [0.05, 0.1) is 12.1 Å². The van der Waals surface area contributed by atoms with Crippen LogP contribution in [0.25, 0.3) is 0 Å². The molecule has 1 unspecified atom stereocenters. The molecule has 106 valence electrons. The molecule has 0 bridgehead atoms. The third kappa shape index (κ3) is 4.45. The van der Waals surface area contributed by atoms with E-state index in [0.717, 1.165) is 43.5 Å². The molecule has 2 aliphatic heterocycles. The van der Waals surface area contributed by atoms with Gasteiger partial charge in [0.1, 0.15) is 0 Å². The number of hydrogen-bond acceptors (Lipinski definition) is 3. The van der Waals surface area contributed by atoms with Crippen molar-refractivity contribution in [3.8, 4) is 0 Å². The van der Waals surface area contributed by atoms with Gasteiger partial charge in [0.25, 0.3) is 0 Å². The number of aliphatic imine (C=N–C) groups is 1. The second kappa shape index (κ2) is 7.79. The highest BCUT2D eigenvalue weighted by Gasteiger charge is 2.31. The lowest BCUT2D eigenvalue weighted by atomic mass is 10.1. The van der Waals surface area contributed by atoms with Gasteiger partial charge in [-0.05, 0) is 31.9 Å². The SMILES string of the molecule is CCNC(=NCC1(O)CCSC1)N1CCCC1.I. The Balaban J connectivity index is 0.00000162. The lowest BCUT2D eigenvalue weighted by molar-refractivity contribution is 0.0776. The van der Waals surface area contributed by atoms with Crippen molar-refractivity contribution in [3.05, 3.63) is 0 Å². The minimum absolute atomic E-state index is 0. The molecule has 0 aromatic heterocycles. The van der Waals surface area contributed by atoms with Gasteiger partial charge in [-0.25, -0.2) is 0 Å². The Morgan fingerprint density at radius 1 is 1.44 bits per heavy atom. The molecule has 0 saturated carbocycles. The van der Waals surface area contributed by atoms with E-state index in [4.69, 9.17) is 0 Å². The third-order valence-electron chi connectivity index (χ3n) is 3.35. The van der Waals surface area contributed by atoms with E-state index in [-0.39, 0.29) is 24.0 Å². The lowest BCUT2D eigenvalue weighted by Crippen LogP contribution is -2.41. The Morgan fingerprint density at radius 2 is 2.17 bits per heavy atom. The van der Waals surface area contributed by atoms with Crippen LogP contribution < -0.4 is 5.32 Å². The minimum atomic E-state index is -0.564. The summed E-state index contributed by atoms with van der Waals surface area (Å²) in [5, 5.41) is 13.6. The van der Waals surface area contributed by atoms with Crippen molar-refractivity contribution in [3.63, 3.8) is 0 Å². The smallest absolute Gasteiger partial charge is 0.194 e. The molecular weight excluding hydrogens is 361 g/mol. The Bertz CT molecular complexity index is 276. The van der Waals surface area contributed by atoms with Gasteiger partial charge in [0.15, 0.2) is 5.96 Å². The van der Waals surface area contributed by atoms with Crippen LogP contribution in [0.5, 0.6) is 0 Å². The number of thioether (sulfide) groups is 1. The number of likely N-dealkylation sites (tertiary alicyclic amines) is 1. The number of hydrogen-bond donors (Lipinski definition) is 2. The summed E-state index contributed by atoms with van der Waals surface area (Å²) in [6.07, 6.45) is 3.38. The lowest BCUT2D eigenvalue weighted by Gasteiger charge is -2.24. The normalized spacial score (nSPS) is 28.3. The summed E-state index contributed by atoms with van der Waals surface area (Å²) in [5.74, 6) is 2.87. The van der Waals surface area contributed by atoms with Crippen molar-refractivity contribution in [2.45, 2.75) is 31.8 Å². The molecule has 0 aromatic rings. The maximum Gasteiger partial charge on any atom is 0.194 e. The standard InChI is InChI=1S/C12H23N3OS.HI/c1-2-13-11(15-6-3-4-7-15)14-9-12(16)5-8-17-10-12;/h16H,2-10H2,1H3,(H,13,14);1H. The molecule has 4 nitrogen and oxygen atoms in total. The Hall–Kier alpha value is 0.310. The van der Waals surface area contributed by atoms with E-state index in [1.807, 2.05) is 11.8 Å². The second-order valence-electron chi connectivity index (χ2n) is 4.89. The maximum atomic E-state index is 10.3. The quantitative estimate of drug-likeness (QED) is 0.440. The van der Waals surface area contributed by atoms with Gasteiger partial charge in [0, 0.05) is 25.4 Å². The first-order chi connectivity index (χ1) is 8.23. The van der Waals surface area contributed by atoms with Crippen LogP contribution in [0.4, 0.5) is 0 Å². The first-order valence-corrected chi connectivity index (χ1v) is 7.72. The first-order valence-electron chi connectivity index (χ1n) is 6.57. The van der Waals surface area contributed by atoms with Crippen LogP contribution in [0.1, 0.15) is 26.2 Å². The van der Waals surface area contributed by atoms with Crippen LogP contribution in [0.3, 0.4) is 0 Å². The molecule has 0 spiro atoms. The van der Waals surface area contributed by atoms with E-state index in [2.05, 4.69) is 22.1 Å². The molecule has 0 aliphatic carbocycles. The minimum Gasteiger partial charge on any atom is -0.387 e. The largest absolute Gasteiger partial charge is 0.387 e. The molecule has 18 heavy (non-hydrogen) atoms. The number of aliphatic hydroxyl groups is 1. The molecule has 2 saturated heterocycles. The van der Waals surface area contributed by atoms with Gasteiger partial charge >= 0.3 is 0 Å². The molecule has 0 aromatic carbocycles. The molecule has 2 N–H and O–H groups in total.